The van der Waals surface area contributed by atoms with Gasteiger partial charge in [-0.2, -0.15) is 0 Å². The van der Waals surface area contributed by atoms with Crippen molar-refractivity contribution in [1.29, 1.82) is 0 Å². The fourth-order valence-electron chi connectivity index (χ4n) is 1.36. The summed E-state index contributed by atoms with van der Waals surface area (Å²) in [6, 6.07) is -1.07. The van der Waals surface area contributed by atoms with E-state index >= 15 is 0 Å². The zero-order valence-electron chi connectivity index (χ0n) is 7.28. The van der Waals surface area contributed by atoms with Gasteiger partial charge in [0.05, 0.1) is 12.1 Å². The van der Waals surface area contributed by atoms with E-state index in [4.69, 9.17) is 21.3 Å². The van der Waals surface area contributed by atoms with Crippen LogP contribution in [0.1, 0.15) is 6.92 Å². The maximum Gasteiger partial charge on any atom is 0.301 e. The molecule has 4 nitrogen and oxygen atoms in total. The van der Waals surface area contributed by atoms with Crippen molar-refractivity contribution in [1.82, 2.24) is 0 Å². The smallest absolute Gasteiger partial charge is 0.301 e. The Kier molecular flexibility index (Phi) is 2.86. The highest BCUT2D eigenvalue weighted by Gasteiger charge is 2.54. The highest BCUT2D eigenvalue weighted by atomic mass is 19.3. The Labute approximate surface area is 74.8 Å². The minimum absolute atomic E-state index is 0.332. The molecule has 1 aliphatic heterocycles. The van der Waals surface area contributed by atoms with Gasteiger partial charge < -0.3 is 21.3 Å². The number of hydrogen-bond donors (Lipinski definition) is 3. The van der Waals surface area contributed by atoms with Crippen molar-refractivity contribution in [3.05, 3.63) is 0 Å². The molecule has 0 spiro atoms. The summed E-state index contributed by atoms with van der Waals surface area (Å²) in [6.07, 6.45) is -3.94. The maximum absolute atomic E-state index is 13.2. The van der Waals surface area contributed by atoms with Crippen molar-refractivity contribution in [3.8, 4) is 0 Å². The Morgan fingerprint density at radius 3 is 2.54 bits per heavy atom. The third-order valence-corrected chi connectivity index (χ3v) is 2.32. The van der Waals surface area contributed by atoms with Crippen molar-refractivity contribution in [2.45, 2.75) is 37.2 Å². The summed E-state index contributed by atoms with van der Waals surface area (Å²) < 4.78 is 31.2. The van der Waals surface area contributed by atoms with E-state index < -0.39 is 30.3 Å². The second-order valence-electron chi connectivity index (χ2n) is 3.26. The van der Waals surface area contributed by atoms with Gasteiger partial charge in [-0.05, 0) is 6.92 Å². The lowest BCUT2D eigenvalue weighted by Crippen LogP contribution is -2.65. The van der Waals surface area contributed by atoms with Crippen LogP contribution in [-0.2, 0) is 4.74 Å². The maximum atomic E-state index is 13.2. The molecule has 0 amide bonds. The highest BCUT2D eigenvalue weighted by molar-refractivity contribution is 4.98. The monoisotopic (exact) mass is 196 g/mol. The van der Waals surface area contributed by atoms with Gasteiger partial charge in [-0.3, -0.25) is 0 Å². The topological polar surface area (TPSA) is 81.5 Å². The predicted octanol–water partition coefficient (Wildman–Crippen LogP) is -0.944. The first-order chi connectivity index (χ1) is 5.91. The van der Waals surface area contributed by atoms with Crippen molar-refractivity contribution in [3.63, 3.8) is 0 Å². The summed E-state index contributed by atoms with van der Waals surface area (Å²) in [7, 11) is 0. The van der Waals surface area contributed by atoms with Crippen LogP contribution in [0.15, 0.2) is 0 Å². The number of rotatable bonds is 1. The molecule has 0 aliphatic carbocycles. The van der Waals surface area contributed by atoms with Gasteiger partial charge in [-0.1, -0.05) is 0 Å². The first-order valence-electron chi connectivity index (χ1n) is 4.08. The van der Waals surface area contributed by atoms with Crippen LogP contribution < -0.4 is 11.5 Å². The normalized spacial score (nSPS) is 44.8. The zero-order valence-corrected chi connectivity index (χ0v) is 7.28. The van der Waals surface area contributed by atoms with Gasteiger partial charge in [-0.15, -0.1) is 0 Å². The average Bonchev–Trinajstić information content (AvgIpc) is 2.08. The number of aliphatic hydroxyl groups is 1. The summed E-state index contributed by atoms with van der Waals surface area (Å²) in [5.74, 6) is -3.36. The molecule has 13 heavy (non-hydrogen) atoms. The number of hydrogen-bond acceptors (Lipinski definition) is 4. The second kappa shape index (κ2) is 3.45. The molecule has 0 saturated carbocycles. The van der Waals surface area contributed by atoms with Crippen LogP contribution in [0, 0.1) is 0 Å². The van der Waals surface area contributed by atoms with E-state index in [1.807, 2.05) is 0 Å². The van der Waals surface area contributed by atoms with E-state index in [9.17, 15) is 8.78 Å². The second-order valence-corrected chi connectivity index (χ2v) is 3.26. The van der Waals surface area contributed by atoms with Crippen molar-refractivity contribution in [2.24, 2.45) is 11.5 Å². The fourth-order valence-corrected chi connectivity index (χ4v) is 1.36. The van der Waals surface area contributed by atoms with Gasteiger partial charge >= 0.3 is 5.92 Å². The molecule has 1 fully saturated rings. The third kappa shape index (κ3) is 1.67. The molecule has 0 radical (unpaired) electrons. The van der Waals surface area contributed by atoms with Crippen LogP contribution in [0.3, 0.4) is 0 Å². The standard InChI is InChI=1S/C7H14F2N2O2/c1-3-5(11)6(12)7(8,9)4(2-10)13-3/h3-6,12H,2,10-11H2,1H3/t3-,4?,5?,6?/m1/s1. The van der Waals surface area contributed by atoms with Crippen molar-refractivity contribution in [2.75, 3.05) is 6.54 Å². The van der Waals surface area contributed by atoms with Crippen LogP contribution >= 0.6 is 0 Å². The number of ether oxygens (including phenoxy) is 1. The van der Waals surface area contributed by atoms with Crippen LogP contribution in [0.5, 0.6) is 0 Å². The van der Waals surface area contributed by atoms with E-state index in [1.54, 1.807) is 0 Å². The van der Waals surface area contributed by atoms with Gasteiger partial charge in [-0.25, -0.2) is 8.78 Å². The van der Waals surface area contributed by atoms with Gasteiger partial charge in [0.25, 0.3) is 0 Å². The molecule has 1 heterocycles. The lowest BCUT2D eigenvalue weighted by molar-refractivity contribution is -0.250. The molecule has 3 unspecified atom stereocenters. The largest absolute Gasteiger partial charge is 0.385 e. The molecule has 0 bridgehead atoms. The number of halogens is 2. The third-order valence-electron chi connectivity index (χ3n) is 2.32. The molecule has 1 saturated heterocycles. The Hall–Kier alpha value is -0.300. The van der Waals surface area contributed by atoms with Gasteiger partial charge in [0, 0.05) is 6.54 Å². The minimum atomic E-state index is -3.36. The van der Waals surface area contributed by atoms with E-state index in [-0.39, 0.29) is 6.54 Å². The Balaban J connectivity index is 2.82. The van der Waals surface area contributed by atoms with Gasteiger partial charge in [0.2, 0.25) is 0 Å². The van der Waals surface area contributed by atoms with E-state index in [0.29, 0.717) is 0 Å². The summed E-state index contributed by atoms with van der Waals surface area (Å²) in [5, 5.41) is 9.17. The van der Waals surface area contributed by atoms with Crippen LogP contribution in [0.25, 0.3) is 0 Å². The van der Waals surface area contributed by atoms with E-state index in [1.165, 1.54) is 6.92 Å². The molecule has 1 aliphatic rings. The molecular formula is C7H14F2N2O2. The zero-order chi connectivity index (χ0) is 10.2. The molecule has 0 aromatic heterocycles. The van der Waals surface area contributed by atoms with Crippen LogP contribution in [0.4, 0.5) is 8.78 Å². The van der Waals surface area contributed by atoms with Crippen molar-refractivity contribution >= 4 is 0 Å². The molecular weight excluding hydrogens is 182 g/mol. The predicted molar refractivity (Wildman–Crippen MR) is 42.3 cm³/mol. The summed E-state index contributed by atoms with van der Waals surface area (Å²) in [4.78, 5) is 0. The number of aliphatic hydroxyl groups excluding tert-OH is 1. The summed E-state index contributed by atoms with van der Waals surface area (Å²) in [5.41, 5.74) is 10.4. The highest BCUT2D eigenvalue weighted by Crippen LogP contribution is 2.33. The fraction of sp³-hybridized carbons (Fsp3) is 1.00. The molecule has 0 aromatic rings. The first kappa shape index (κ1) is 10.8. The lowest BCUT2D eigenvalue weighted by Gasteiger charge is -2.41. The van der Waals surface area contributed by atoms with Crippen LogP contribution in [0.2, 0.25) is 0 Å². The van der Waals surface area contributed by atoms with Gasteiger partial charge in [0.1, 0.15) is 12.2 Å². The quantitative estimate of drug-likeness (QED) is 0.505. The number of alkyl halides is 2. The molecule has 1 rings (SSSR count). The Bertz CT molecular complexity index is 187. The average molecular weight is 196 g/mol. The summed E-state index contributed by atoms with van der Waals surface area (Å²) >= 11 is 0. The number of nitrogens with two attached hydrogens (primary N) is 2. The minimum Gasteiger partial charge on any atom is -0.385 e. The molecule has 0 aromatic carbocycles. The summed E-state index contributed by atoms with van der Waals surface area (Å²) in [6.45, 7) is 1.20. The first-order valence-corrected chi connectivity index (χ1v) is 4.08. The van der Waals surface area contributed by atoms with Crippen LogP contribution in [-0.4, -0.2) is 41.9 Å². The van der Waals surface area contributed by atoms with E-state index in [0.717, 1.165) is 0 Å². The Morgan fingerprint density at radius 1 is 1.54 bits per heavy atom. The lowest BCUT2D eigenvalue weighted by atomic mass is 9.93. The SMILES string of the molecule is C[C@H]1OC(CN)C(F)(F)C(O)C1N. The molecule has 78 valence electrons. The molecule has 5 N–H and O–H groups in total. The van der Waals surface area contributed by atoms with Crippen molar-refractivity contribution < 1.29 is 18.6 Å². The van der Waals surface area contributed by atoms with Gasteiger partial charge in [0.15, 0.2) is 0 Å². The molecule has 4 atom stereocenters. The molecule has 6 heteroatoms. The van der Waals surface area contributed by atoms with E-state index in [2.05, 4.69) is 0 Å². The Morgan fingerprint density at radius 2 is 2.08 bits per heavy atom.